The minimum Gasteiger partial charge on any atom is -0.391 e. The van der Waals surface area contributed by atoms with Crippen LogP contribution in [0.15, 0.2) is 24.3 Å². The van der Waals surface area contributed by atoms with E-state index in [1.54, 1.807) is 0 Å². The van der Waals surface area contributed by atoms with Gasteiger partial charge in [-0.25, -0.2) is 0 Å². The second-order valence-corrected chi connectivity index (χ2v) is 5.88. The van der Waals surface area contributed by atoms with Gasteiger partial charge in [0.15, 0.2) is 0 Å². The summed E-state index contributed by atoms with van der Waals surface area (Å²) in [7, 11) is 0. The standard InChI is InChI=1S/C16H21NO2/c18-15-6-3-7-17(11-15)16(19)10-12-8-13-4-1-2-5-14(13)9-12/h1-2,4-5,12,15,18H,3,6-11H2/t15-/m0/s1. The number of aliphatic hydroxyl groups excluding tert-OH is 1. The molecule has 0 unspecified atom stereocenters. The summed E-state index contributed by atoms with van der Waals surface area (Å²) in [5.41, 5.74) is 2.80. The van der Waals surface area contributed by atoms with Gasteiger partial charge in [0.1, 0.15) is 0 Å². The molecule has 0 bridgehead atoms. The second-order valence-electron chi connectivity index (χ2n) is 5.88. The second kappa shape index (κ2) is 5.33. The number of likely N-dealkylation sites (tertiary alicyclic amines) is 1. The summed E-state index contributed by atoms with van der Waals surface area (Å²) in [4.78, 5) is 14.1. The molecule has 3 nitrogen and oxygen atoms in total. The third kappa shape index (κ3) is 2.81. The number of nitrogens with zero attached hydrogens (tertiary/aromatic N) is 1. The van der Waals surface area contributed by atoms with Gasteiger partial charge in [0.05, 0.1) is 6.10 Å². The van der Waals surface area contributed by atoms with Gasteiger partial charge in [-0.1, -0.05) is 24.3 Å². The molecule has 1 aliphatic carbocycles. The number of hydrogen-bond acceptors (Lipinski definition) is 2. The normalized spacial score (nSPS) is 23.4. The molecule has 102 valence electrons. The third-order valence-electron chi connectivity index (χ3n) is 4.35. The average Bonchev–Trinajstić information content (AvgIpc) is 2.80. The topological polar surface area (TPSA) is 40.5 Å². The molecule has 1 fully saturated rings. The Morgan fingerprint density at radius 3 is 2.58 bits per heavy atom. The molecule has 1 aliphatic heterocycles. The Balaban J connectivity index is 1.57. The van der Waals surface area contributed by atoms with E-state index in [9.17, 15) is 9.90 Å². The molecule has 1 atom stereocenters. The Morgan fingerprint density at radius 2 is 1.95 bits per heavy atom. The summed E-state index contributed by atoms with van der Waals surface area (Å²) in [6.07, 6.45) is 4.12. The molecule has 0 spiro atoms. The minimum atomic E-state index is -0.321. The van der Waals surface area contributed by atoms with E-state index in [-0.39, 0.29) is 12.0 Å². The van der Waals surface area contributed by atoms with Crippen LogP contribution in [-0.2, 0) is 17.6 Å². The lowest BCUT2D eigenvalue weighted by Gasteiger charge is -2.30. The van der Waals surface area contributed by atoms with Gasteiger partial charge in [0.25, 0.3) is 0 Å². The van der Waals surface area contributed by atoms with Crippen molar-refractivity contribution in [3.63, 3.8) is 0 Å². The molecule has 0 aromatic heterocycles. The minimum absolute atomic E-state index is 0.219. The maximum atomic E-state index is 12.3. The van der Waals surface area contributed by atoms with E-state index in [1.165, 1.54) is 11.1 Å². The number of carbonyl (C=O) groups is 1. The van der Waals surface area contributed by atoms with Crippen molar-refractivity contribution < 1.29 is 9.90 Å². The predicted molar refractivity (Wildman–Crippen MR) is 73.8 cm³/mol. The molecule has 1 heterocycles. The average molecular weight is 259 g/mol. The van der Waals surface area contributed by atoms with E-state index in [0.29, 0.717) is 18.9 Å². The molecule has 0 saturated carbocycles. The molecule has 2 aliphatic rings. The van der Waals surface area contributed by atoms with Crippen LogP contribution >= 0.6 is 0 Å². The summed E-state index contributed by atoms with van der Waals surface area (Å²) in [6, 6.07) is 8.49. The van der Waals surface area contributed by atoms with Crippen LogP contribution in [0.25, 0.3) is 0 Å². The van der Waals surface area contributed by atoms with Gasteiger partial charge in [-0.2, -0.15) is 0 Å². The predicted octanol–water partition coefficient (Wildman–Crippen LogP) is 1.77. The van der Waals surface area contributed by atoms with Crippen molar-refractivity contribution in [2.45, 2.75) is 38.2 Å². The van der Waals surface area contributed by atoms with E-state index >= 15 is 0 Å². The zero-order valence-electron chi connectivity index (χ0n) is 11.2. The van der Waals surface area contributed by atoms with Gasteiger partial charge < -0.3 is 10.0 Å². The molecule has 3 rings (SSSR count). The summed E-state index contributed by atoms with van der Waals surface area (Å²) in [5.74, 6) is 0.667. The van der Waals surface area contributed by atoms with Crippen molar-refractivity contribution in [3.8, 4) is 0 Å². The zero-order valence-corrected chi connectivity index (χ0v) is 11.2. The van der Waals surface area contributed by atoms with E-state index < -0.39 is 0 Å². The van der Waals surface area contributed by atoms with Crippen LogP contribution in [0.3, 0.4) is 0 Å². The lowest BCUT2D eigenvalue weighted by molar-refractivity contribution is -0.135. The van der Waals surface area contributed by atoms with Crippen LogP contribution < -0.4 is 0 Å². The van der Waals surface area contributed by atoms with E-state index in [2.05, 4.69) is 24.3 Å². The number of rotatable bonds is 2. The van der Waals surface area contributed by atoms with Crippen molar-refractivity contribution >= 4 is 5.91 Å². The molecular weight excluding hydrogens is 238 g/mol. The number of carbonyl (C=O) groups excluding carboxylic acids is 1. The fourth-order valence-corrected chi connectivity index (χ4v) is 3.35. The van der Waals surface area contributed by atoms with Crippen molar-refractivity contribution in [3.05, 3.63) is 35.4 Å². The SMILES string of the molecule is O=C(CC1Cc2ccccc2C1)N1CCC[C@H](O)C1. The van der Waals surface area contributed by atoms with Gasteiger partial charge in [0, 0.05) is 19.5 Å². The Bertz CT molecular complexity index is 447. The Kier molecular flexibility index (Phi) is 3.56. The first kappa shape index (κ1) is 12.7. The van der Waals surface area contributed by atoms with Crippen LogP contribution in [-0.4, -0.2) is 35.1 Å². The Morgan fingerprint density at radius 1 is 1.26 bits per heavy atom. The van der Waals surface area contributed by atoms with Crippen LogP contribution in [0.2, 0.25) is 0 Å². The summed E-state index contributed by atoms with van der Waals surface area (Å²) >= 11 is 0. The van der Waals surface area contributed by atoms with Crippen molar-refractivity contribution in [1.82, 2.24) is 4.90 Å². The fraction of sp³-hybridized carbons (Fsp3) is 0.562. The smallest absolute Gasteiger partial charge is 0.222 e. The molecule has 1 saturated heterocycles. The van der Waals surface area contributed by atoms with Gasteiger partial charge in [-0.15, -0.1) is 0 Å². The van der Waals surface area contributed by atoms with E-state index in [0.717, 1.165) is 32.2 Å². The number of benzene rings is 1. The molecule has 1 N–H and O–H groups in total. The molecule has 1 aromatic carbocycles. The number of piperidine rings is 1. The Hall–Kier alpha value is -1.35. The van der Waals surface area contributed by atoms with Crippen LogP contribution in [0, 0.1) is 5.92 Å². The third-order valence-corrected chi connectivity index (χ3v) is 4.35. The van der Waals surface area contributed by atoms with E-state index in [1.807, 2.05) is 4.90 Å². The largest absolute Gasteiger partial charge is 0.391 e. The lowest BCUT2D eigenvalue weighted by atomic mass is 10.00. The summed E-state index contributed by atoms with van der Waals surface area (Å²) < 4.78 is 0. The molecule has 1 aromatic rings. The van der Waals surface area contributed by atoms with E-state index in [4.69, 9.17) is 0 Å². The fourth-order valence-electron chi connectivity index (χ4n) is 3.35. The monoisotopic (exact) mass is 259 g/mol. The first-order valence-corrected chi connectivity index (χ1v) is 7.25. The summed E-state index contributed by atoms with van der Waals surface area (Å²) in [5, 5.41) is 9.64. The number of fused-ring (bicyclic) bond motifs is 1. The van der Waals surface area contributed by atoms with Gasteiger partial charge >= 0.3 is 0 Å². The number of aliphatic hydroxyl groups is 1. The van der Waals surface area contributed by atoms with Crippen molar-refractivity contribution in [1.29, 1.82) is 0 Å². The number of hydrogen-bond donors (Lipinski definition) is 1. The van der Waals surface area contributed by atoms with Crippen LogP contribution in [0.1, 0.15) is 30.4 Å². The lowest BCUT2D eigenvalue weighted by Crippen LogP contribution is -2.42. The maximum absolute atomic E-state index is 12.3. The molecule has 19 heavy (non-hydrogen) atoms. The van der Waals surface area contributed by atoms with Gasteiger partial charge in [-0.3, -0.25) is 4.79 Å². The van der Waals surface area contributed by atoms with Crippen LogP contribution in [0.4, 0.5) is 0 Å². The van der Waals surface area contributed by atoms with Crippen LogP contribution in [0.5, 0.6) is 0 Å². The number of β-amino-alcohol motifs (C(OH)–C–C–N with tert-alkyl or cyclic N) is 1. The van der Waals surface area contributed by atoms with Crippen molar-refractivity contribution in [2.24, 2.45) is 5.92 Å². The van der Waals surface area contributed by atoms with Gasteiger partial charge in [-0.05, 0) is 42.7 Å². The molecule has 3 heteroatoms. The van der Waals surface area contributed by atoms with Gasteiger partial charge in [0.2, 0.25) is 5.91 Å². The first-order valence-electron chi connectivity index (χ1n) is 7.25. The highest BCUT2D eigenvalue weighted by Crippen LogP contribution is 2.29. The highest BCUT2D eigenvalue weighted by atomic mass is 16.3. The summed E-state index contributed by atoms with van der Waals surface area (Å²) in [6.45, 7) is 1.34. The maximum Gasteiger partial charge on any atom is 0.222 e. The molecular formula is C16H21NO2. The zero-order chi connectivity index (χ0) is 13.2. The highest BCUT2D eigenvalue weighted by molar-refractivity contribution is 5.76. The highest BCUT2D eigenvalue weighted by Gasteiger charge is 2.27. The van der Waals surface area contributed by atoms with Crippen molar-refractivity contribution in [2.75, 3.05) is 13.1 Å². The Labute approximate surface area is 114 Å². The number of amides is 1. The molecule has 1 amide bonds. The molecule has 0 radical (unpaired) electrons. The quantitative estimate of drug-likeness (QED) is 0.879. The first-order chi connectivity index (χ1) is 9.22.